The molecule has 2 aliphatic rings. The minimum absolute atomic E-state index is 0.0276. The predicted octanol–water partition coefficient (Wildman–Crippen LogP) is 3.34. The summed E-state index contributed by atoms with van der Waals surface area (Å²) < 4.78 is 10.8. The van der Waals surface area contributed by atoms with Crippen molar-refractivity contribution in [3.05, 3.63) is 59.7 Å². The molecule has 1 amide bonds. The number of benzene rings is 2. The normalized spacial score (nSPS) is 22.5. The number of rotatable bonds is 4. The van der Waals surface area contributed by atoms with Crippen LogP contribution in [0.4, 0.5) is 5.69 Å². The standard InChI is InChI=1S/C22H24N2O3/c1-21(2)17-7-5-6-8-18(17)24-14-20(25)23-22(21,24)12-11-15-13-16(26-3)9-10-19(15)27-4/h5-13H,14H2,1-4H3,(H,23,25)/b12-11+/t22-/m0/s1. The number of hydrogen-bond acceptors (Lipinski definition) is 4. The second kappa shape index (κ2) is 6.05. The third-order valence-electron chi connectivity index (χ3n) is 5.82. The molecule has 1 N–H and O–H groups in total. The summed E-state index contributed by atoms with van der Waals surface area (Å²) in [7, 11) is 3.29. The van der Waals surface area contributed by atoms with Crippen molar-refractivity contribution in [1.29, 1.82) is 0 Å². The molecule has 0 saturated carbocycles. The van der Waals surface area contributed by atoms with Crippen LogP contribution in [0.2, 0.25) is 0 Å². The molecule has 0 bridgehead atoms. The monoisotopic (exact) mass is 364 g/mol. The largest absolute Gasteiger partial charge is 0.497 e. The minimum atomic E-state index is -0.623. The van der Waals surface area contributed by atoms with Crippen molar-refractivity contribution in [2.75, 3.05) is 25.7 Å². The summed E-state index contributed by atoms with van der Waals surface area (Å²) in [5, 5.41) is 3.23. The van der Waals surface area contributed by atoms with E-state index < -0.39 is 5.66 Å². The van der Waals surface area contributed by atoms with Gasteiger partial charge in [0.25, 0.3) is 0 Å². The minimum Gasteiger partial charge on any atom is -0.497 e. The Labute approximate surface area is 159 Å². The van der Waals surface area contributed by atoms with Gasteiger partial charge in [-0.15, -0.1) is 0 Å². The van der Waals surface area contributed by atoms with Crippen LogP contribution in [0.5, 0.6) is 11.5 Å². The molecule has 5 nitrogen and oxygen atoms in total. The van der Waals surface area contributed by atoms with Crippen molar-refractivity contribution in [1.82, 2.24) is 5.32 Å². The van der Waals surface area contributed by atoms with Crippen molar-refractivity contribution in [2.24, 2.45) is 0 Å². The molecule has 27 heavy (non-hydrogen) atoms. The number of carbonyl (C=O) groups is 1. The van der Waals surface area contributed by atoms with Crippen LogP contribution in [0.3, 0.4) is 0 Å². The van der Waals surface area contributed by atoms with Gasteiger partial charge in [-0.25, -0.2) is 0 Å². The lowest BCUT2D eigenvalue weighted by molar-refractivity contribution is -0.118. The van der Waals surface area contributed by atoms with E-state index in [-0.39, 0.29) is 11.3 Å². The molecule has 0 unspecified atom stereocenters. The SMILES string of the molecule is COc1ccc(OC)c(/C=C/[C@]23NC(=O)CN2c2ccccc2C3(C)C)c1. The van der Waals surface area contributed by atoms with Crippen LogP contribution >= 0.6 is 0 Å². The van der Waals surface area contributed by atoms with E-state index in [1.807, 2.05) is 36.4 Å². The Morgan fingerprint density at radius 2 is 1.89 bits per heavy atom. The first-order chi connectivity index (χ1) is 12.9. The van der Waals surface area contributed by atoms with E-state index in [1.54, 1.807) is 14.2 Å². The van der Waals surface area contributed by atoms with Crippen LogP contribution in [0.15, 0.2) is 48.5 Å². The highest BCUT2D eigenvalue weighted by Crippen LogP contribution is 2.52. The Kier molecular flexibility index (Phi) is 3.91. The van der Waals surface area contributed by atoms with Gasteiger partial charge in [-0.1, -0.05) is 38.1 Å². The van der Waals surface area contributed by atoms with Gasteiger partial charge >= 0.3 is 0 Å². The molecule has 0 spiro atoms. The Morgan fingerprint density at radius 3 is 2.63 bits per heavy atom. The molecule has 0 aliphatic carbocycles. The summed E-state index contributed by atoms with van der Waals surface area (Å²) in [5.74, 6) is 1.54. The molecule has 0 radical (unpaired) electrons. The molecule has 1 fully saturated rings. The number of carbonyl (C=O) groups excluding carboxylic acids is 1. The zero-order valence-electron chi connectivity index (χ0n) is 16.1. The van der Waals surface area contributed by atoms with Gasteiger partial charge in [0.1, 0.15) is 17.2 Å². The van der Waals surface area contributed by atoms with E-state index in [4.69, 9.17) is 9.47 Å². The van der Waals surface area contributed by atoms with Crippen LogP contribution in [0.25, 0.3) is 6.08 Å². The third-order valence-corrected chi connectivity index (χ3v) is 5.82. The Bertz CT molecular complexity index is 935. The molecule has 2 heterocycles. The lowest BCUT2D eigenvalue weighted by Crippen LogP contribution is -2.58. The van der Waals surface area contributed by atoms with Crippen molar-refractivity contribution in [2.45, 2.75) is 24.9 Å². The van der Waals surface area contributed by atoms with Crippen LogP contribution in [-0.4, -0.2) is 32.3 Å². The molecule has 5 heteroatoms. The maximum Gasteiger partial charge on any atom is 0.241 e. The second-order valence-corrected chi connectivity index (χ2v) is 7.48. The highest BCUT2D eigenvalue weighted by atomic mass is 16.5. The van der Waals surface area contributed by atoms with E-state index in [0.717, 1.165) is 22.7 Å². The first-order valence-corrected chi connectivity index (χ1v) is 9.02. The topological polar surface area (TPSA) is 50.8 Å². The van der Waals surface area contributed by atoms with Crippen LogP contribution < -0.4 is 19.7 Å². The molecule has 4 rings (SSSR count). The number of para-hydroxylation sites is 1. The third kappa shape index (κ3) is 2.41. The highest BCUT2D eigenvalue weighted by Gasteiger charge is 2.59. The summed E-state index contributed by atoms with van der Waals surface area (Å²) >= 11 is 0. The van der Waals surface area contributed by atoms with Crippen molar-refractivity contribution in [3.63, 3.8) is 0 Å². The van der Waals surface area contributed by atoms with Gasteiger partial charge in [0, 0.05) is 16.7 Å². The summed E-state index contributed by atoms with van der Waals surface area (Å²) in [5.41, 5.74) is 2.31. The van der Waals surface area contributed by atoms with Crippen molar-refractivity contribution in [3.8, 4) is 11.5 Å². The lowest BCUT2D eigenvalue weighted by Gasteiger charge is -2.40. The molecule has 140 valence electrons. The van der Waals surface area contributed by atoms with Crippen molar-refractivity contribution < 1.29 is 14.3 Å². The first-order valence-electron chi connectivity index (χ1n) is 9.02. The summed E-state index contributed by atoms with van der Waals surface area (Å²) in [6.07, 6.45) is 4.09. The second-order valence-electron chi connectivity index (χ2n) is 7.48. The zero-order valence-corrected chi connectivity index (χ0v) is 16.1. The Hall–Kier alpha value is -2.95. The molecule has 1 atom stereocenters. The summed E-state index contributed by atoms with van der Waals surface area (Å²) in [4.78, 5) is 14.5. The first kappa shape index (κ1) is 17.5. The van der Waals surface area contributed by atoms with E-state index >= 15 is 0 Å². The van der Waals surface area contributed by atoms with Gasteiger partial charge < -0.3 is 19.7 Å². The number of nitrogens with one attached hydrogen (secondary N) is 1. The number of fused-ring (bicyclic) bond motifs is 3. The molecular formula is C22H24N2O3. The number of hydrogen-bond donors (Lipinski definition) is 1. The van der Waals surface area contributed by atoms with E-state index in [0.29, 0.717) is 6.54 Å². The maximum absolute atomic E-state index is 12.4. The highest BCUT2D eigenvalue weighted by molar-refractivity contribution is 5.91. The molecular weight excluding hydrogens is 340 g/mol. The summed E-state index contributed by atoms with van der Waals surface area (Å²) in [6, 6.07) is 14.0. The molecule has 2 aromatic carbocycles. The van der Waals surface area contributed by atoms with Gasteiger partial charge in [0.2, 0.25) is 5.91 Å². The zero-order chi connectivity index (χ0) is 19.2. The van der Waals surface area contributed by atoms with Gasteiger partial charge in [0.05, 0.1) is 20.8 Å². The van der Waals surface area contributed by atoms with Gasteiger partial charge in [-0.05, 0) is 35.9 Å². The van der Waals surface area contributed by atoms with Gasteiger partial charge in [0.15, 0.2) is 0 Å². The average Bonchev–Trinajstić information content (AvgIpc) is 3.11. The molecule has 2 aromatic rings. The predicted molar refractivity (Wildman–Crippen MR) is 106 cm³/mol. The van der Waals surface area contributed by atoms with Crippen LogP contribution in [0.1, 0.15) is 25.0 Å². The van der Waals surface area contributed by atoms with Gasteiger partial charge in [-0.2, -0.15) is 0 Å². The number of ether oxygens (including phenoxy) is 2. The number of anilines is 1. The van der Waals surface area contributed by atoms with Crippen LogP contribution in [0, 0.1) is 0 Å². The molecule has 0 aromatic heterocycles. The van der Waals surface area contributed by atoms with Crippen LogP contribution in [-0.2, 0) is 10.2 Å². The number of amides is 1. The fourth-order valence-corrected chi connectivity index (χ4v) is 4.32. The van der Waals surface area contributed by atoms with Gasteiger partial charge in [-0.3, -0.25) is 4.79 Å². The molecule has 1 saturated heterocycles. The van der Waals surface area contributed by atoms with E-state index in [1.165, 1.54) is 5.56 Å². The number of nitrogens with zero attached hydrogens (tertiary/aromatic N) is 1. The fourth-order valence-electron chi connectivity index (χ4n) is 4.32. The Balaban J connectivity index is 1.83. The molecule has 2 aliphatic heterocycles. The number of methoxy groups -OCH3 is 2. The average molecular weight is 364 g/mol. The fraction of sp³-hybridized carbons (Fsp3) is 0.318. The van der Waals surface area contributed by atoms with Crippen molar-refractivity contribution >= 4 is 17.7 Å². The quantitative estimate of drug-likeness (QED) is 0.904. The smallest absolute Gasteiger partial charge is 0.241 e. The van der Waals surface area contributed by atoms with E-state index in [2.05, 4.69) is 42.3 Å². The lowest BCUT2D eigenvalue weighted by atomic mass is 9.75. The maximum atomic E-state index is 12.4. The summed E-state index contributed by atoms with van der Waals surface area (Å²) in [6.45, 7) is 4.69. The Morgan fingerprint density at radius 1 is 1.11 bits per heavy atom. The van der Waals surface area contributed by atoms with E-state index in [9.17, 15) is 4.79 Å².